The van der Waals surface area contributed by atoms with E-state index < -0.39 is 0 Å². The van der Waals surface area contributed by atoms with Gasteiger partial charge in [0.15, 0.2) is 0 Å². The Morgan fingerprint density at radius 3 is 2.32 bits per heavy atom. The third kappa shape index (κ3) is 3.19. The predicted octanol–water partition coefficient (Wildman–Crippen LogP) is 5.58. The maximum Gasteiger partial charge on any atom is 0.204 e. The molecular formula is C15H14Cl2OS. The molecule has 0 N–H and O–H groups in total. The van der Waals surface area contributed by atoms with E-state index in [1.54, 1.807) is 18.2 Å². The summed E-state index contributed by atoms with van der Waals surface area (Å²) in [4.78, 5) is 14.3. The lowest BCUT2D eigenvalue weighted by Crippen LogP contribution is -2.08. The highest BCUT2D eigenvalue weighted by molar-refractivity contribution is 7.14. The average Bonchev–Trinajstić information content (AvgIpc) is 2.76. The van der Waals surface area contributed by atoms with Gasteiger partial charge < -0.3 is 0 Å². The molecule has 4 heteroatoms. The summed E-state index contributed by atoms with van der Waals surface area (Å²) >= 11 is 13.4. The fourth-order valence-electron chi connectivity index (χ4n) is 1.67. The lowest BCUT2D eigenvalue weighted by atomic mass is 9.95. The first kappa shape index (κ1) is 14.6. The summed E-state index contributed by atoms with van der Waals surface area (Å²) in [6.07, 6.45) is 0. The summed E-state index contributed by atoms with van der Waals surface area (Å²) in [5.74, 6) is -0.0535. The number of thiophene rings is 1. The Morgan fingerprint density at radius 2 is 1.79 bits per heavy atom. The smallest absolute Gasteiger partial charge is 0.204 e. The predicted molar refractivity (Wildman–Crippen MR) is 82.9 cm³/mol. The van der Waals surface area contributed by atoms with E-state index in [0.717, 1.165) is 0 Å². The monoisotopic (exact) mass is 312 g/mol. The standard InChI is InChI=1S/C15H14Cl2OS/c1-15(2,3)13-7-6-12(19-13)14(18)10-5-4-9(16)8-11(10)17/h4-8H,1-3H3. The first-order valence-corrected chi connectivity index (χ1v) is 7.46. The van der Waals surface area contributed by atoms with E-state index >= 15 is 0 Å². The minimum Gasteiger partial charge on any atom is -0.288 e. The first-order valence-electron chi connectivity index (χ1n) is 5.89. The normalized spacial score (nSPS) is 11.6. The van der Waals surface area contributed by atoms with Crippen molar-refractivity contribution >= 4 is 40.3 Å². The number of carbonyl (C=O) groups is 1. The van der Waals surface area contributed by atoms with Crippen molar-refractivity contribution in [2.45, 2.75) is 26.2 Å². The molecule has 1 heterocycles. The van der Waals surface area contributed by atoms with Crippen LogP contribution >= 0.6 is 34.5 Å². The van der Waals surface area contributed by atoms with Gasteiger partial charge in [0.05, 0.1) is 9.90 Å². The van der Waals surface area contributed by atoms with Gasteiger partial charge in [-0.1, -0.05) is 44.0 Å². The van der Waals surface area contributed by atoms with Crippen LogP contribution in [0.4, 0.5) is 0 Å². The molecule has 0 amide bonds. The molecule has 1 nitrogen and oxygen atoms in total. The van der Waals surface area contributed by atoms with Crippen LogP contribution in [0.2, 0.25) is 10.0 Å². The lowest BCUT2D eigenvalue weighted by molar-refractivity contribution is 0.104. The Balaban J connectivity index is 2.37. The van der Waals surface area contributed by atoms with Crippen molar-refractivity contribution in [1.82, 2.24) is 0 Å². The van der Waals surface area contributed by atoms with Gasteiger partial charge in [0.2, 0.25) is 5.78 Å². The molecule has 0 aliphatic heterocycles. The van der Waals surface area contributed by atoms with Crippen LogP contribution in [0.1, 0.15) is 40.9 Å². The zero-order chi connectivity index (χ0) is 14.2. The van der Waals surface area contributed by atoms with Gasteiger partial charge in [-0.05, 0) is 35.7 Å². The van der Waals surface area contributed by atoms with Crippen LogP contribution in [0.25, 0.3) is 0 Å². The van der Waals surface area contributed by atoms with E-state index in [9.17, 15) is 4.79 Å². The van der Waals surface area contributed by atoms with Gasteiger partial charge in [-0.2, -0.15) is 0 Å². The topological polar surface area (TPSA) is 17.1 Å². The van der Waals surface area contributed by atoms with E-state index in [1.807, 2.05) is 12.1 Å². The zero-order valence-corrected chi connectivity index (χ0v) is 13.3. The van der Waals surface area contributed by atoms with E-state index in [-0.39, 0.29) is 11.2 Å². The molecule has 1 aromatic heterocycles. The number of carbonyl (C=O) groups excluding carboxylic acids is 1. The lowest BCUT2D eigenvalue weighted by Gasteiger charge is -2.15. The van der Waals surface area contributed by atoms with Crippen molar-refractivity contribution in [3.05, 3.63) is 55.7 Å². The van der Waals surface area contributed by atoms with Gasteiger partial charge in [-0.15, -0.1) is 11.3 Å². The largest absolute Gasteiger partial charge is 0.288 e. The average molecular weight is 313 g/mol. The highest BCUT2D eigenvalue weighted by Gasteiger charge is 2.20. The van der Waals surface area contributed by atoms with Crippen LogP contribution in [0.5, 0.6) is 0 Å². The minimum absolute atomic E-state index is 0.0486. The minimum atomic E-state index is -0.0535. The van der Waals surface area contributed by atoms with Crippen LogP contribution in [0, 0.1) is 0 Å². The van der Waals surface area contributed by atoms with E-state index in [1.165, 1.54) is 16.2 Å². The Kier molecular flexibility index (Phi) is 4.05. The van der Waals surface area contributed by atoms with Gasteiger partial charge in [0, 0.05) is 15.5 Å². The molecule has 0 bridgehead atoms. The molecule has 0 unspecified atom stereocenters. The number of halogens is 2. The Morgan fingerprint density at radius 1 is 1.11 bits per heavy atom. The molecule has 1 aromatic carbocycles. The molecule has 0 atom stereocenters. The third-order valence-corrected chi connectivity index (χ3v) is 4.80. The molecule has 0 saturated carbocycles. The Labute approximate surface area is 127 Å². The van der Waals surface area contributed by atoms with Crippen LogP contribution in [-0.2, 0) is 5.41 Å². The molecule has 2 rings (SSSR count). The van der Waals surface area contributed by atoms with Gasteiger partial charge >= 0.3 is 0 Å². The highest BCUT2D eigenvalue weighted by Crippen LogP contribution is 2.32. The highest BCUT2D eigenvalue weighted by atomic mass is 35.5. The van der Waals surface area contributed by atoms with Gasteiger partial charge in [0.25, 0.3) is 0 Å². The molecule has 2 aromatic rings. The van der Waals surface area contributed by atoms with Crippen LogP contribution in [0.15, 0.2) is 30.3 Å². The second-order valence-corrected chi connectivity index (χ2v) is 7.29. The van der Waals surface area contributed by atoms with E-state index in [4.69, 9.17) is 23.2 Å². The molecule has 0 spiro atoms. The molecule has 0 fully saturated rings. The molecular weight excluding hydrogens is 299 g/mol. The molecule has 0 aliphatic rings. The fourth-order valence-corrected chi connectivity index (χ4v) is 3.18. The number of benzene rings is 1. The molecule has 0 aliphatic carbocycles. The second kappa shape index (κ2) is 5.28. The Hall–Kier alpha value is -0.830. The van der Waals surface area contributed by atoms with Gasteiger partial charge in [-0.3, -0.25) is 4.79 Å². The van der Waals surface area contributed by atoms with E-state index in [0.29, 0.717) is 20.5 Å². The number of hydrogen-bond donors (Lipinski definition) is 0. The molecule has 100 valence electrons. The summed E-state index contributed by atoms with van der Waals surface area (Å²) in [5, 5.41) is 0.923. The van der Waals surface area contributed by atoms with Gasteiger partial charge in [-0.25, -0.2) is 0 Å². The summed E-state index contributed by atoms with van der Waals surface area (Å²) < 4.78 is 0. The summed E-state index contributed by atoms with van der Waals surface area (Å²) in [5.41, 5.74) is 0.542. The van der Waals surface area contributed by atoms with Crippen LogP contribution in [-0.4, -0.2) is 5.78 Å². The summed E-state index contributed by atoms with van der Waals surface area (Å²) in [7, 11) is 0. The molecule has 0 radical (unpaired) electrons. The van der Waals surface area contributed by atoms with Crippen molar-refractivity contribution in [3.63, 3.8) is 0 Å². The van der Waals surface area contributed by atoms with Crippen LogP contribution < -0.4 is 0 Å². The summed E-state index contributed by atoms with van der Waals surface area (Å²) in [6, 6.07) is 8.80. The number of hydrogen-bond acceptors (Lipinski definition) is 2. The molecule has 0 saturated heterocycles. The molecule has 19 heavy (non-hydrogen) atoms. The van der Waals surface area contributed by atoms with Crippen molar-refractivity contribution < 1.29 is 4.79 Å². The second-order valence-electron chi connectivity index (χ2n) is 5.37. The maximum absolute atomic E-state index is 12.4. The van der Waals surface area contributed by atoms with Crippen molar-refractivity contribution in [3.8, 4) is 0 Å². The zero-order valence-electron chi connectivity index (χ0n) is 11.0. The number of rotatable bonds is 2. The van der Waals surface area contributed by atoms with Crippen LogP contribution in [0.3, 0.4) is 0 Å². The van der Waals surface area contributed by atoms with Crippen molar-refractivity contribution in [2.75, 3.05) is 0 Å². The van der Waals surface area contributed by atoms with Gasteiger partial charge in [0.1, 0.15) is 0 Å². The third-order valence-electron chi connectivity index (χ3n) is 2.74. The maximum atomic E-state index is 12.4. The first-order chi connectivity index (χ1) is 8.79. The quantitative estimate of drug-likeness (QED) is 0.661. The van der Waals surface area contributed by atoms with Crippen molar-refractivity contribution in [2.24, 2.45) is 0 Å². The van der Waals surface area contributed by atoms with E-state index in [2.05, 4.69) is 20.8 Å². The fraction of sp³-hybridized carbons (Fsp3) is 0.267. The number of ketones is 1. The Bertz CT molecular complexity index is 623. The summed E-state index contributed by atoms with van der Waals surface area (Å²) in [6.45, 7) is 6.38. The SMILES string of the molecule is CC(C)(C)c1ccc(C(=O)c2ccc(Cl)cc2Cl)s1. The van der Waals surface area contributed by atoms with Crippen molar-refractivity contribution in [1.29, 1.82) is 0 Å².